The van der Waals surface area contributed by atoms with E-state index in [9.17, 15) is 4.79 Å². The van der Waals surface area contributed by atoms with Gasteiger partial charge in [0.2, 0.25) is 0 Å². The standard InChI is InChI=1S/C14H14BrNO3/c1-2-18-14(17)10-5-6-13(12(15)8-10)16-9-11-4-3-7-19-11/h3-8,16H,2,9H2,1H3. The van der Waals surface area contributed by atoms with Crippen LogP contribution in [-0.2, 0) is 11.3 Å². The molecule has 0 amide bonds. The number of anilines is 1. The first-order chi connectivity index (χ1) is 9.20. The van der Waals surface area contributed by atoms with Gasteiger partial charge in [-0.1, -0.05) is 0 Å². The van der Waals surface area contributed by atoms with Crippen LogP contribution in [0, 0.1) is 0 Å². The van der Waals surface area contributed by atoms with Gasteiger partial charge in [-0.2, -0.15) is 0 Å². The van der Waals surface area contributed by atoms with Crippen LogP contribution in [0.25, 0.3) is 0 Å². The van der Waals surface area contributed by atoms with Crippen molar-refractivity contribution in [1.82, 2.24) is 0 Å². The molecule has 1 aromatic heterocycles. The van der Waals surface area contributed by atoms with E-state index in [-0.39, 0.29) is 5.97 Å². The largest absolute Gasteiger partial charge is 0.467 e. The number of nitrogens with one attached hydrogen (secondary N) is 1. The highest BCUT2D eigenvalue weighted by Gasteiger charge is 2.09. The molecule has 4 nitrogen and oxygen atoms in total. The lowest BCUT2D eigenvalue weighted by molar-refractivity contribution is 0.0526. The SMILES string of the molecule is CCOC(=O)c1ccc(NCc2ccco2)c(Br)c1. The molecule has 1 aromatic carbocycles. The lowest BCUT2D eigenvalue weighted by atomic mass is 10.2. The summed E-state index contributed by atoms with van der Waals surface area (Å²) in [6.07, 6.45) is 1.63. The maximum absolute atomic E-state index is 11.6. The van der Waals surface area contributed by atoms with Gasteiger partial charge in [0.1, 0.15) is 5.76 Å². The van der Waals surface area contributed by atoms with Gasteiger partial charge in [-0.05, 0) is 53.2 Å². The quantitative estimate of drug-likeness (QED) is 0.849. The van der Waals surface area contributed by atoms with Gasteiger partial charge in [0.15, 0.2) is 0 Å². The Hall–Kier alpha value is -1.75. The van der Waals surface area contributed by atoms with Crippen molar-refractivity contribution < 1.29 is 13.9 Å². The summed E-state index contributed by atoms with van der Waals surface area (Å²) in [4.78, 5) is 11.6. The molecule has 2 rings (SSSR count). The Kier molecular flexibility index (Phi) is 4.63. The van der Waals surface area contributed by atoms with Gasteiger partial charge >= 0.3 is 5.97 Å². The van der Waals surface area contributed by atoms with E-state index in [1.54, 1.807) is 25.3 Å². The second kappa shape index (κ2) is 6.43. The fourth-order valence-corrected chi connectivity index (χ4v) is 2.11. The van der Waals surface area contributed by atoms with Crippen molar-refractivity contribution in [2.24, 2.45) is 0 Å². The Bertz CT molecular complexity index is 552. The third-order valence-corrected chi connectivity index (χ3v) is 3.17. The minimum atomic E-state index is -0.319. The summed E-state index contributed by atoms with van der Waals surface area (Å²) in [5.41, 5.74) is 1.42. The van der Waals surface area contributed by atoms with Gasteiger partial charge < -0.3 is 14.5 Å². The Morgan fingerprint density at radius 1 is 1.42 bits per heavy atom. The van der Waals surface area contributed by atoms with Gasteiger partial charge in [0.05, 0.1) is 25.0 Å². The average molecular weight is 324 g/mol. The average Bonchev–Trinajstić information content (AvgIpc) is 2.90. The first-order valence-electron chi connectivity index (χ1n) is 5.93. The number of benzene rings is 1. The lowest BCUT2D eigenvalue weighted by Gasteiger charge is -2.09. The molecule has 2 aromatic rings. The van der Waals surface area contributed by atoms with Gasteiger partial charge in [-0.15, -0.1) is 0 Å². The zero-order valence-electron chi connectivity index (χ0n) is 10.5. The summed E-state index contributed by atoms with van der Waals surface area (Å²) >= 11 is 3.43. The van der Waals surface area contributed by atoms with E-state index in [1.807, 2.05) is 18.2 Å². The molecule has 0 atom stereocenters. The van der Waals surface area contributed by atoms with Crippen LogP contribution in [0.1, 0.15) is 23.0 Å². The first kappa shape index (κ1) is 13.7. The van der Waals surface area contributed by atoms with Crippen molar-refractivity contribution in [1.29, 1.82) is 0 Å². The highest BCUT2D eigenvalue weighted by Crippen LogP contribution is 2.24. The topological polar surface area (TPSA) is 51.5 Å². The molecule has 0 aliphatic rings. The maximum Gasteiger partial charge on any atom is 0.338 e. The van der Waals surface area contributed by atoms with Crippen molar-refractivity contribution in [3.05, 3.63) is 52.4 Å². The zero-order valence-corrected chi connectivity index (χ0v) is 12.1. The van der Waals surface area contributed by atoms with E-state index >= 15 is 0 Å². The molecule has 0 bridgehead atoms. The minimum Gasteiger partial charge on any atom is -0.467 e. The number of furan rings is 1. The van der Waals surface area contributed by atoms with E-state index in [0.29, 0.717) is 18.7 Å². The van der Waals surface area contributed by atoms with E-state index < -0.39 is 0 Å². The van der Waals surface area contributed by atoms with Crippen molar-refractivity contribution in [3.63, 3.8) is 0 Å². The van der Waals surface area contributed by atoms with Crippen LogP contribution in [0.2, 0.25) is 0 Å². The molecule has 5 heteroatoms. The van der Waals surface area contributed by atoms with Crippen LogP contribution in [-0.4, -0.2) is 12.6 Å². The summed E-state index contributed by atoms with van der Waals surface area (Å²) in [6, 6.07) is 9.04. The van der Waals surface area contributed by atoms with Crippen LogP contribution in [0.5, 0.6) is 0 Å². The van der Waals surface area contributed by atoms with E-state index in [0.717, 1.165) is 15.9 Å². The van der Waals surface area contributed by atoms with Crippen molar-refractivity contribution in [2.75, 3.05) is 11.9 Å². The predicted molar refractivity (Wildman–Crippen MR) is 76.1 cm³/mol. The number of hydrogen-bond acceptors (Lipinski definition) is 4. The third kappa shape index (κ3) is 3.61. The lowest BCUT2D eigenvalue weighted by Crippen LogP contribution is -2.05. The minimum absolute atomic E-state index is 0.319. The summed E-state index contributed by atoms with van der Waals surface area (Å²) < 4.78 is 11.0. The molecule has 19 heavy (non-hydrogen) atoms. The molecule has 1 N–H and O–H groups in total. The van der Waals surface area contributed by atoms with Gasteiger partial charge in [0.25, 0.3) is 0 Å². The summed E-state index contributed by atoms with van der Waals surface area (Å²) in [7, 11) is 0. The van der Waals surface area contributed by atoms with Gasteiger partial charge in [0, 0.05) is 10.2 Å². The molecule has 0 aliphatic heterocycles. The maximum atomic E-state index is 11.6. The van der Waals surface area contributed by atoms with E-state index in [1.165, 1.54) is 0 Å². The smallest absolute Gasteiger partial charge is 0.338 e. The number of esters is 1. The number of halogens is 1. The third-order valence-electron chi connectivity index (χ3n) is 2.51. The van der Waals surface area contributed by atoms with Crippen molar-refractivity contribution >= 4 is 27.6 Å². The Balaban J connectivity index is 2.04. The Morgan fingerprint density at radius 3 is 2.89 bits per heavy atom. The molecule has 100 valence electrons. The normalized spacial score (nSPS) is 10.2. The van der Waals surface area contributed by atoms with Crippen LogP contribution < -0.4 is 5.32 Å². The highest BCUT2D eigenvalue weighted by atomic mass is 79.9. The highest BCUT2D eigenvalue weighted by molar-refractivity contribution is 9.10. The predicted octanol–water partition coefficient (Wildman–Crippen LogP) is 3.83. The number of rotatable bonds is 5. The van der Waals surface area contributed by atoms with Crippen LogP contribution >= 0.6 is 15.9 Å². The molecule has 0 unspecified atom stereocenters. The monoisotopic (exact) mass is 323 g/mol. The molecule has 0 radical (unpaired) electrons. The molecular formula is C14H14BrNO3. The number of carbonyl (C=O) groups is 1. The summed E-state index contributed by atoms with van der Waals surface area (Å²) in [5.74, 6) is 0.530. The second-order valence-electron chi connectivity index (χ2n) is 3.85. The molecule has 0 aliphatic carbocycles. The number of hydrogen-bond donors (Lipinski definition) is 1. The van der Waals surface area contributed by atoms with Gasteiger partial charge in [-0.25, -0.2) is 4.79 Å². The molecule has 0 fully saturated rings. The first-order valence-corrected chi connectivity index (χ1v) is 6.73. The fraction of sp³-hybridized carbons (Fsp3) is 0.214. The fourth-order valence-electron chi connectivity index (χ4n) is 1.60. The zero-order chi connectivity index (χ0) is 13.7. The second-order valence-corrected chi connectivity index (χ2v) is 4.70. The molecule has 0 saturated heterocycles. The Morgan fingerprint density at radius 2 is 2.26 bits per heavy atom. The Labute approximate surface area is 119 Å². The number of carbonyl (C=O) groups excluding carboxylic acids is 1. The molecule has 1 heterocycles. The van der Waals surface area contributed by atoms with Crippen molar-refractivity contribution in [3.8, 4) is 0 Å². The van der Waals surface area contributed by atoms with E-state index in [4.69, 9.17) is 9.15 Å². The van der Waals surface area contributed by atoms with Crippen LogP contribution in [0.15, 0.2) is 45.5 Å². The number of ether oxygens (including phenoxy) is 1. The molecule has 0 spiro atoms. The van der Waals surface area contributed by atoms with Crippen LogP contribution in [0.3, 0.4) is 0 Å². The van der Waals surface area contributed by atoms with Crippen molar-refractivity contribution in [2.45, 2.75) is 13.5 Å². The van der Waals surface area contributed by atoms with E-state index in [2.05, 4.69) is 21.2 Å². The molecular weight excluding hydrogens is 310 g/mol. The summed E-state index contributed by atoms with van der Waals surface area (Å²) in [6.45, 7) is 2.74. The van der Waals surface area contributed by atoms with Gasteiger partial charge in [-0.3, -0.25) is 0 Å². The summed E-state index contributed by atoms with van der Waals surface area (Å²) in [5, 5.41) is 3.22. The van der Waals surface area contributed by atoms with Crippen LogP contribution in [0.4, 0.5) is 5.69 Å². The molecule has 0 saturated carbocycles.